The van der Waals surface area contributed by atoms with Crippen LogP contribution in [-0.2, 0) is 0 Å². The Balaban J connectivity index is 1.55. The van der Waals surface area contributed by atoms with Crippen molar-refractivity contribution in [2.75, 3.05) is 14.1 Å². The van der Waals surface area contributed by atoms with Crippen LogP contribution < -0.4 is 0 Å². The lowest BCUT2D eigenvalue weighted by molar-refractivity contribution is 0.0831. The fraction of sp³-hybridized carbons (Fsp3) is 0.300. The molecule has 1 amide bonds. The van der Waals surface area contributed by atoms with Gasteiger partial charge in [-0.15, -0.1) is 16.4 Å². The molecule has 0 aliphatic heterocycles. The van der Waals surface area contributed by atoms with E-state index in [1.165, 1.54) is 16.9 Å². The van der Waals surface area contributed by atoms with E-state index in [0.29, 0.717) is 16.7 Å². The highest BCUT2D eigenvalue weighted by atomic mass is 35.5. The average molecular weight is 412 g/mol. The van der Waals surface area contributed by atoms with Gasteiger partial charge in [0.05, 0.1) is 10.3 Å². The van der Waals surface area contributed by atoms with Crippen molar-refractivity contribution in [2.24, 2.45) is 0 Å². The Hall–Kier alpha value is -2.51. The topological polar surface area (TPSA) is 63.4 Å². The maximum absolute atomic E-state index is 12.5. The van der Waals surface area contributed by atoms with Gasteiger partial charge < -0.3 is 4.90 Å². The predicted octanol–water partition coefficient (Wildman–Crippen LogP) is 4.27. The van der Waals surface area contributed by atoms with Gasteiger partial charge in [-0.25, -0.2) is 14.5 Å². The molecular formula is C20H18ClN5OS. The second-order valence-corrected chi connectivity index (χ2v) is 8.85. The largest absolute Gasteiger partial charge is 0.344 e. The Morgan fingerprint density at radius 1 is 1.25 bits per heavy atom. The summed E-state index contributed by atoms with van der Waals surface area (Å²) in [5.74, 6) is 1.55. The summed E-state index contributed by atoms with van der Waals surface area (Å²) in [6.45, 7) is 1.96. The molecule has 1 fully saturated rings. The molecule has 28 heavy (non-hydrogen) atoms. The second-order valence-electron chi connectivity index (χ2n) is 7.42. The Labute approximate surface area is 170 Å². The molecule has 142 valence electrons. The third-order valence-electron chi connectivity index (χ3n) is 5.30. The zero-order valence-corrected chi connectivity index (χ0v) is 17.3. The molecule has 0 bridgehead atoms. The molecule has 5 rings (SSSR count). The molecule has 0 saturated heterocycles. The summed E-state index contributed by atoms with van der Waals surface area (Å²) < 4.78 is 1.73. The molecular weight excluding hydrogens is 394 g/mol. The first-order valence-corrected chi connectivity index (χ1v) is 10.2. The molecule has 4 aromatic rings. The molecule has 3 heterocycles. The molecule has 1 aliphatic carbocycles. The van der Waals surface area contributed by atoms with Crippen LogP contribution in [0.15, 0.2) is 30.6 Å². The minimum absolute atomic E-state index is 0.0108. The van der Waals surface area contributed by atoms with E-state index in [0.717, 1.165) is 38.7 Å². The van der Waals surface area contributed by atoms with Gasteiger partial charge >= 0.3 is 0 Å². The van der Waals surface area contributed by atoms with Crippen molar-refractivity contribution in [3.63, 3.8) is 0 Å². The Morgan fingerprint density at radius 2 is 2.00 bits per heavy atom. The van der Waals surface area contributed by atoms with Crippen molar-refractivity contribution in [1.29, 1.82) is 0 Å². The molecule has 8 heteroatoms. The molecule has 2 atom stereocenters. The van der Waals surface area contributed by atoms with Crippen LogP contribution in [0.5, 0.6) is 0 Å². The number of thiophene rings is 1. The SMILES string of the molecule is Cc1c(C(=O)N(C)C)sc2ncn3nc(C4CC4c4ccc(Cl)cc4)nc3c12. The first kappa shape index (κ1) is 17.6. The summed E-state index contributed by atoms with van der Waals surface area (Å²) in [6, 6.07) is 8.00. The van der Waals surface area contributed by atoms with E-state index in [1.54, 1.807) is 29.8 Å². The summed E-state index contributed by atoms with van der Waals surface area (Å²) in [7, 11) is 3.52. The van der Waals surface area contributed by atoms with Gasteiger partial charge in [0.2, 0.25) is 0 Å². The molecule has 2 unspecified atom stereocenters. The van der Waals surface area contributed by atoms with E-state index >= 15 is 0 Å². The maximum Gasteiger partial charge on any atom is 0.263 e. The number of aromatic nitrogens is 4. The van der Waals surface area contributed by atoms with Crippen molar-refractivity contribution in [3.05, 3.63) is 57.4 Å². The van der Waals surface area contributed by atoms with Gasteiger partial charge in [-0.05, 0) is 42.5 Å². The van der Waals surface area contributed by atoms with Crippen LogP contribution in [0.4, 0.5) is 0 Å². The minimum atomic E-state index is -0.0108. The second kappa shape index (κ2) is 6.25. The standard InChI is InChI=1S/C20H18ClN5OS/c1-10-15-18-23-17(14-8-13(14)11-4-6-12(21)7-5-11)24-26(18)9-22-19(15)28-16(10)20(27)25(2)3/h4-7,9,13-14H,8H2,1-3H3. The molecule has 6 nitrogen and oxygen atoms in total. The Bertz CT molecular complexity index is 1230. The minimum Gasteiger partial charge on any atom is -0.344 e. The van der Waals surface area contributed by atoms with Crippen LogP contribution in [0.1, 0.15) is 44.9 Å². The average Bonchev–Trinajstić information content (AvgIpc) is 3.23. The van der Waals surface area contributed by atoms with Crippen LogP contribution in [0, 0.1) is 6.92 Å². The lowest BCUT2D eigenvalue weighted by atomic mass is 10.1. The Kier molecular flexibility index (Phi) is 3.93. The van der Waals surface area contributed by atoms with Gasteiger partial charge in [-0.1, -0.05) is 23.7 Å². The monoisotopic (exact) mass is 411 g/mol. The summed E-state index contributed by atoms with van der Waals surface area (Å²) in [6.07, 6.45) is 2.72. The third-order valence-corrected chi connectivity index (χ3v) is 6.74. The number of carbonyl (C=O) groups excluding carboxylic acids is 1. The van der Waals surface area contributed by atoms with E-state index in [9.17, 15) is 4.79 Å². The number of amides is 1. The van der Waals surface area contributed by atoms with E-state index in [4.69, 9.17) is 16.6 Å². The number of carbonyl (C=O) groups is 1. The van der Waals surface area contributed by atoms with Gasteiger partial charge in [0.25, 0.3) is 5.91 Å². The van der Waals surface area contributed by atoms with Gasteiger partial charge in [-0.3, -0.25) is 4.79 Å². The number of hydrogen-bond donors (Lipinski definition) is 0. The number of benzene rings is 1. The first-order chi connectivity index (χ1) is 13.4. The van der Waals surface area contributed by atoms with Gasteiger partial charge in [0.15, 0.2) is 11.5 Å². The number of halogens is 1. The van der Waals surface area contributed by atoms with E-state index in [1.807, 2.05) is 19.1 Å². The molecule has 1 saturated carbocycles. The van der Waals surface area contributed by atoms with Crippen LogP contribution >= 0.6 is 22.9 Å². The third kappa shape index (κ3) is 2.69. The molecule has 0 radical (unpaired) electrons. The van der Waals surface area contributed by atoms with Crippen molar-refractivity contribution >= 4 is 44.7 Å². The number of aryl methyl sites for hydroxylation is 1. The predicted molar refractivity (Wildman–Crippen MR) is 110 cm³/mol. The molecule has 1 aliphatic rings. The highest BCUT2D eigenvalue weighted by Crippen LogP contribution is 2.53. The summed E-state index contributed by atoms with van der Waals surface area (Å²) in [5, 5.41) is 6.34. The number of nitrogens with zero attached hydrogens (tertiary/aromatic N) is 5. The van der Waals surface area contributed by atoms with Gasteiger partial charge in [0, 0.05) is 25.0 Å². The first-order valence-electron chi connectivity index (χ1n) is 9.05. The Morgan fingerprint density at radius 3 is 2.71 bits per heavy atom. The molecule has 0 N–H and O–H groups in total. The highest BCUT2D eigenvalue weighted by molar-refractivity contribution is 7.20. The number of rotatable bonds is 3. The summed E-state index contributed by atoms with van der Waals surface area (Å²) in [4.78, 5) is 24.9. The summed E-state index contributed by atoms with van der Waals surface area (Å²) >= 11 is 7.41. The van der Waals surface area contributed by atoms with Crippen LogP contribution in [0.25, 0.3) is 15.9 Å². The molecule has 3 aromatic heterocycles. The summed E-state index contributed by atoms with van der Waals surface area (Å²) in [5.41, 5.74) is 2.95. The lowest BCUT2D eigenvalue weighted by Crippen LogP contribution is -2.21. The fourth-order valence-corrected chi connectivity index (χ4v) is 4.96. The quantitative estimate of drug-likeness (QED) is 0.505. The van der Waals surface area contributed by atoms with Crippen molar-refractivity contribution < 1.29 is 4.79 Å². The maximum atomic E-state index is 12.5. The number of fused-ring (bicyclic) bond motifs is 3. The van der Waals surface area contributed by atoms with Crippen LogP contribution in [0.2, 0.25) is 5.02 Å². The van der Waals surface area contributed by atoms with Crippen molar-refractivity contribution in [2.45, 2.75) is 25.2 Å². The smallest absolute Gasteiger partial charge is 0.263 e. The van der Waals surface area contributed by atoms with Crippen molar-refractivity contribution in [3.8, 4) is 0 Å². The lowest BCUT2D eigenvalue weighted by Gasteiger charge is -2.08. The zero-order chi connectivity index (χ0) is 19.6. The number of hydrogen-bond acceptors (Lipinski definition) is 5. The van der Waals surface area contributed by atoms with Crippen LogP contribution in [-0.4, -0.2) is 44.5 Å². The van der Waals surface area contributed by atoms with E-state index in [-0.39, 0.29) is 5.91 Å². The zero-order valence-electron chi connectivity index (χ0n) is 15.7. The van der Waals surface area contributed by atoms with E-state index < -0.39 is 0 Å². The fourth-order valence-electron chi connectivity index (χ4n) is 3.67. The van der Waals surface area contributed by atoms with Gasteiger partial charge in [-0.2, -0.15) is 0 Å². The highest BCUT2D eigenvalue weighted by Gasteiger charge is 2.42. The van der Waals surface area contributed by atoms with Crippen molar-refractivity contribution in [1.82, 2.24) is 24.5 Å². The molecule has 1 aromatic carbocycles. The van der Waals surface area contributed by atoms with E-state index in [2.05, 4.69) is 22.2 Å². The molecule has 0 spiro atoms. The normalized spacial score (nSPS) is 18.7. The van der Waals surface area contributed by atoms with Gasteiger partial charge in [0.1, 0.15) is 11.2 Å². The van der Waals surface area contributed by atoms with Crippen LogP contribution in [0.3, 0.4) is 0 Å².